The maximum atomic E-state index is 12.9. The maximum Gasteiger partial charge on any atom is 0.139 e. The Morgan fingerprint density at radius 2 is 2.10 bits per heavy atom. The molecule has 1 saturated heterocycles. The van der Waals surface area contributed by atoms with Crippen molar-refractivity contribution in [3.63, 3.8) is 0 Å². The minimum absolute atomic E-state index is 0.483. The van der Waals surface area contributed by atoms with Crippen molar-refractivity contribution in [3.8, 4) is 0 Å². The first-order valence-corrected chi connectivity index (χ1v) is 6.68. The normalized spacial score (nSPS) is 15.8. The first kappa shape index (κ1) is 11.5. The van der Waals surface area contributed by atoms with Crippen molar-refractivity contribution in [3.05, 3.63) is 48.7 Å². The molecule has 0 N–H and O–H groups in total. The van der Waals surface area contributed by atoms with Crippen LogP contribution in [0.1, 0.15) is 5.56 Å². The molecule has 1 fully saturated rings. The summed E-state index contributed by atoms with van der Waals surface area (Å²) in [5, 5.41) is 0. The van der Waals surface area contributed by atoms with Gasteiger partial charge in [-0.25, -0.2) is 9.37 Å². The quantitative estimate of drug-likeness (QED) is 0.710. The van der Waals surface area contributed by atoms with Gasteiger partial charge in [-0.15, -0.1) is 0 Å². The molecule has 4 rings (SSSR count). The lowest BCUT2D eigenvalue weighted by Gasteiger charge is -2.36. The Bertz CT molecular complexity index is 815. The predicted molar refractivity (Wildman–Crippen MR) is 79.9 cm³/mol. The molecule has 0 bridgehead atoms. The Morgan fingerprint density at radius 3 is 2.85 bits per heavy atom. The van der Waals surface area contributed by atoms with Crippen molar-refractivity contribution in [1.29, 1.82) is 0 Å². The average molecular weight is 267 g/mol. The van der Waals surface area contributed by atoms with E-state index in [2.05, 4.69) is 16.0 Å². The molecule has 0 amide bonds. The van der Waals surface area contributed by atoms with Crippen molar-refractivity contribution in [2.75, 3.05) is 18.0 Å². The van der Waals surface area contributed by atoms with Crippen LogP contribution in [-0.4, -0.2) is 28.6 Å². The lowest BCUT2D eigenvalue weighted by Crippen LogP contribution is -2.48. The number of alkyl halides is 1. The van der Waals surface area contributed by atoms with Crippen molar-refractivity contribution < 1.29 is 4.39 Å². The van der Waals surface area contributed by atoms with Gasteiger partial charge in [0, 0.05) is 18.0 Å². The fraction of sp³-hybridized carbons (Fsp3) is 0.188. The van der Waals surface area contributed by atoms with Crippen LogP contribution in [0.15, 0.2) is 43.1 Å². The summed E-state index contributed by atoms with van der Waals surface area (Å²) in [6, 6.07) is 10.1. The summed E-state index contributed by atoms with van der Waals surface area (Å²) in [4.78, 5) is 6.67. The smallest absolute Gasteiger partial charge is 0.139 e. The Morgan fingerprint density at radius 1 is 1.25 bits per heavy atom. The number of pyridine rings is 1. The Kier molecular flexibility index (Phi) is 2.33. The summed E-state index contributed by atoms with van der Waals surface area (Å²) >= 11 is 0. The van der Waals surface area contributed by atoms with Gasteiger partial charge in [0.05, 0.1) is 24.1 Å². The number of aromatic nitrogens is 2. The highest BCUT2D eigenvalue weighted by atomic mass is 19.1. The zero-order valence-corrected chi connectivity index (χ0v) is 11.0. The SMILES string of the molecule is C=Cc1ccc2c(c1)nc1cc(N3CC(F)C3)ccn12. The summed E-state index contributed by atoms with van der Waals surface area (Å²) in [5.41, 5.74) is 5.01. The molecule has 0 spiro atoms. The molecule has 0 radical (unpaired) electrons. The molecule has 3 aromatic rings. The molecule has 0 aliphatic carbocycles. The van der Waals surface area contributed by atoms with Crippen molar-refractivity contribution in [2.45, 2.75) is 6.17 Å². The van der Waals surface area contributed by atoms with Crippen LogP contribution in [0.2, 0.25) is 0 Å². The average Bonchev–Trinajstić information content (AvgIpc) is 2.80. The van der Waals surface area contributed by atoms with Gasteiger partial charge in [0.25, 0.3) is 0 Å². The third kappa shape index (κ3) is 1.61. The maximum absolute atomic E-state index is 12.9. The second-order valence-electron chi connectivity index (χ2n) is 5.18. The van der Waals surface area contributed by atoms with Gasteiger partial charge in [-0.1, -0.05) is 18.7 Å². The highest BCUT2D eigenvalue weighted by molar-refractivity contribution is 5.83. The summed E-state index contributed by atoms with van der Waals surface area (Å²) in [6.45, 7) is 4.74. The van der Waals surface area contributed by atoms with Crippen molar-refractivity contribution in [1.82, 2.24) is 9.38 Å². The Labute approximate surface area is 116 Å². The molecule has 0 unspecified atom stereocenters. The molecule has 20 heavy (non-hydrogen) atoms. The minimum atomic E-state index is -0.694. The molecule has 4 heteroatoms. The van der Waals surface area contributed by atoms with Crippen molar-refractivity contribution in [2.24, 2.45) is 0 Å². The van der Waals surface area contributed by atoms with Crippen LogP contribution in [0.5, 0.6) is 0 Å². The first-order valence-electron chi connectivity index (χ1n) is 6.68. The third-order valence-corrected chi connectivity index (χ3v) is 3.85. The van der Waals surface area contributed by atoms with Gasteiger partial charge in [0.15, 0.2) is 0 Å². The number of benzene rings is 1. The van der Waals surface area contributed by atoms with Gasteiger partial charge in [-0.2, -0.15) is 0 Å². The van der Waals surface area contributed by atoms with Crippen LogP contribution in [0.4, 0.5) is 10.1 Å². The van der Waals surface area contributed by atoms with Gasteiger partial charge in [0.2, 0.25) is 0 Å². The number of anilines is 1. The van der Waals surface area contributed by atoms with E-state index in [1.54, 1.807) is 0 Å². The second kappa shape index (κ2) is 4.07. The minimum Gasteiger partial charge on any atom is -0.365 e. The molecule has 1 aliphatic heterocycles. The highest BCUT2D eigenvalue weighted by Gasteiger charge is 2.26. The summed E-state index contributed by atoms with van der Waals surface area (Å²) < 4.78 is 15.0. The lowest BCUT2D eigenvalue weighted by molar-refractivity contribution is 0.275. The molecule has 0 atom stereocenters. The molecule has 1 aliphatic rings. The summed E-state index contributed by atoms with van der Waals surface area (Å²) in [7, 11) is 0. The van der Waals surface area contributed by atoms with E-state index < -0.39 is 6.17 Å². The van der Waals surface area contributed by atoms with E-state index in [1.165, 1.54) is 0 Å². The van der Waals surface area contributed by atoms with E-state index in [9.17, 15) is 4.39 Å². The molecular weight excluding hydrogens is 253 g/mol. The van der Waals surface area contributed by atoms with Gasteiger partial charge in [-0.3, -0.25) is 4.40 Å². The number of halogens is 1. The monoisotopic (exact) mass is 267 g/mol. The molecule has 2 aromatic heterocycles. The zero-order chi connectivity index (χ0) is 13.7. The Balaban J connectivity index is 1.85. The molecular formula is C16H14FN3. The number of imidazole rings is 1. The topological polar surface area (TPSA) is 20.5 Å². The zero-order valence-electron chi connectivity index (χ0n) is 11.0. The fourth-order valence-electron chi connectivity index (χ4n) is 2.68. The third-order valence-electron chi connectivity index (χ3n) is 3.85. The second-order valence-corrected chi connectivity index (χ2v) is 5.18. The largest absolute Gasteiger partial charge is 0.365 e. The van der Waals surface area contributed by atoms with E-state index in [-0.39, 0.29) is 0 Å². The lowest BCUT2D eigenvalue weighted by atomic mass is 10.1. The Hall–Kier alpha value is -2.36. The number of hydrogen-bond donors (Lipinski definition) is 0. The number of fused-ring (bicyclic) bond motifs is 3. The summed E-state index contributed by atoms with van der Waals surface area (Å²) in [6.07, 6.45) is 3.12. The van der Waals surface area contributed by atoms with E-state index in [4.69, 9.17) is 0 Å². The number of hydrogen-bond acceptors (Lipinski definition) is 2. The summed E-state index contributed by atoms with van der Waals surface area (Å²) in [5.74, 6) is 0. The van der Waals surface area contributed by atoms with E-state index in [1.807, 2.05) is 47.5 Å². The van der Waals surface area contributed by atoms with Crippen LogP contribution in [-0.2, 0) is 0 Å². The number of rotatable bonds is 2. The van der Waals surface area contributed by atoms with Crippen LogP contribution >= 0.6 is 0 Å². The molecule has 3 nitrogen and oxygen atoms in total. The first-order chi connectivity index (χ1) is 9.74. The van der Waals surface area contributed by atoms with Gasteiger partial charge in [0.1, 0.15) is 11.8 Å². The van der Waals surface area contributed by atoms with Gasteiger partial charge < -0.3 is 4.90 Å². The van der Waals surface area contributed by atoms with Crippen LogP contribution in [0.25, 0.3) is 22.8 Å². The van der Waals surface area contributed by atoms with Gasteiger partial charge >= 0.3 is 0 Å². The van der Waals surface area contributed by atoms with Crippen LogP contribution < -0.4 is 4.90 Å². The molecule has 1 aromatic carbocycles. The molecule has 0 saturated carbocycles. The van der Waals surface area contributed by atoms with Crippen LogP contribution in [0, 0.1) is 0 Å². The fourth-order valence-corrected chi connectivity index (χ4v) is 2.68. The number of nitrogens with zero attached hydrogens (tertiary/aromatic N) is 3. The van der Waals surface area contributed by atoms with Gasteiger partial charge in [-0.05, 0) is 23.8 Å². The van der Waals surface area contributed by atoms with E-state index in [0.717, 1.165) is 27.9 Å². The predicted octanol–water partition coefficient (Wildman–Crippen LogP) is 3.29. The van der Waals surface area contributed by atoms with Crippen LogP contribution in [0.3, 0.4) is 0 Å². The molecule has 100 valence electrons. The highest BCUT2D eigenvalue weighted by Crippen LogP contribution is 2.26. The standard InChI is InChI=1S/C16H14FN3/c1-2-11-3-4-15-14(7-11)18-16-8-13(5-6-20(15)16)19-9-12(17)10-19/h2-8,12H,1,9-10H2. The van der Waals surface area contributed by atoms with E-state index in [0.29, 0.717) is 13.1 Å². The van der Waals surface area contributed by atoms with E-state index >= 15 is 0 Å². The molecule has 3 heterocycles. The van der Waals surface area contributed by atoms with Crippen molar-refractivity contribution >= 4 is 28.4 Å².